The van der Waals surface area contributed by atoms with Crippen molar-refractivity contribution in [3.05, 3.63) is 60.2 Å². The molecule has 0 bridgehead atoms. The van der Waals surface area contributed by atoms with Crippen LogP contribution in [0.1, 0.15) is 31.9 Å². The zero-order chi connectivity index (χ0) is 20.2. The molecule has 28 heavy (non-hydrogen) atoms. The van der Waals surface area contributed by atoms with Crippen LogP contribution in [0.4, 0.5) is 0 Å². The van der Waals surface area contributed by atoms with E-state index >= 15 is 0 Å². The molecule has 1 heterocycles. The van der Waals surface area contributed by atoms with Gasteiger partial charge >= 0.3 is 0 Å². The third-order valence-electron chi connectivity index (χ3n) is 4.68. The lowest BCUT2D eigenvalue weighted by Gasteiger charge is -2.38. The Morgan fingerprint density at radius 2 is 1.82 bits per heavy atom. The van der Waals surface area contributed by atoms with Crippen molar-refractivity contribution in [3.8, 4) is 5.75 Å². The van der Waals surface area contributed by atoms with Gasteiger partial charge in [-0.15, -0.1) is 0 Å². The highest BCUT2D eigenvalue weighted by atomic mass is 32.2. The third kappa shape index (κ3) is 4.84. The second-order valence-corrected chi connectivity index (χ2v) is 9.54. The first-order valence-electron chi connectivity index (χ1n) is 9.34. The topological polar surface area (TPSA) is 79.8 Å². The van der Waals surface area contributed by atoms with Crippen LogP contribution in [-0.2, 0) is 9.84 Å². The molecule has 0 aliphatic carbocycles. The summed E-state index contributed by atoms with van der Waals surface area (Å²) in [7, 11) is -1.65. The summed E-state index contributed by atoms with van der Waals surface area (Å²) in [4.78, 5) is 4.59. The average Bonchev–Trinajstić information content (AvgIpc) is 2.67. The molecule has 2 N–H and O–H groups in total. The molecule has 1 aliphatic heterocycles. The highest BCUT2D eigenvalue weighted by molar-refractivity contribution is 7.91. The molecule has 0 aromatic heterocycles. The molecule has 0 fully saturated rings. The average molecular weight is 402 g/mol. The smallest absolute Gasteiger partial charge is 0.191 e. The summed E-state index contributed by atoms with van der Waals surface area (Å²) >= 11 is 0. The minimum atomic E-state index is -3.33. The Kier molecular flexibility index (Phi) is 5.93. The number of hydrogen-bond acceptors (Lipinski definition) is 4. The fourth-order valence-corrected chi connectivity index (χ4v) is 4.52. The first-order valence-corrected chi connectivity index (χ1v) is 11.0. The van der Waals surface area contributed by atoms with Gasteiger partial charge in [0.15, 0.2) is 15.8 Å². The Balaban J connectivity index is 1.64. The van der Waals surface area contributed by atoms with Crippen molar-refractivity contribution in [2.24, 2.45) is 4.99 Å². The fourth-order valence-electron chi connectivity index (χ4n) is 3.34. The number of sulfone groups is 1. The van der Waals surface area contributed by atoms with Gasteiger partial charge in [-0.05, 0) is 32.0 Å². The maximum Gasteiger partial charge on any atom is 0.191 e. The van der Waals surface area contributed by atoms with Crippen LogP contribution in [-0.4, -0.2) is 39.3 Å². The monoisotopic (exact) mass is 401 g/mol. The van der Waals surface area contributed by atoms with Crippen LogP contribution < -0.4 is 15.4 Å². The Bertz CT molecular complexity index is 940. The van der Waals surface area contributed by atoms with Crippen LogP contribution in [0.5, 0.6) is 5.75 Å². The highest BCUT2D eigenvalue weighted by Crippen LogP contribution is 2.39. The largest absolute Gasteiger partial charge is 0.487 e. The number of ether oxygens (including phenoxy) is 1. The predicted octanol–water partition coefficient (Wildman–Crippen LogP) is 2.93. The van der Waals surface area contributed by atoms with Crippen molar-refractivity contribution in [2.45, 2.75) is 36.8 Å². The van der Waals surface area contributed by atoms with E-state index in [9.17, 15) is 8.42 Å². The molecule has 0 radical (unpaired) electrons. The number of benzene rings is 2. The van der Waals surface area contributed by atoms with Crippen molar-refractivity contribution < 1.29 is 13.2 Å². The van der Waals surface area contributed by atoms with E-state index in [-0.39, 0.29) is 23.9 Å². The zero-order valence-electron chi connectivity index (χ0n) is 16.5. The first-order chi connectivity index (χ1) is 13.3. The van der Waals surface area contributed by atoms with E-state index in [1.165, 1.54) is 0 Å². The van der Waals surface area contributed by atoms with Crippen molar-refractivity contribution >= 4 is 15.8 Å². The van der Waals surface area contributed by atoms with E-state index in [2.05, 4.69) is 29.5 Å². The fraction of sp³-hybridized carbons (Fsp3) is 0.381. The van der Waals surface area contributed by atoms with E-state index < -0.39 is 9.84 Å². The molecule has 0 saturated carbocycles. The molecule has 1 unspecified atom stereocenters. The molecule has 1 aliphatic rings. The minimum absolute atomic E-state index is 0.00638. The van der Waals surface area contributed by atoms with Gasteiger partial charge in [0.2, 0.25) is 0 Å². The van der Waals surface area contributed by atoms with Gasteiger partial charge in [0, 0.05) is 25.6 Å². The summed E-state index contributed by atoms with van der Waals surface area (Å²) in [5.41, 5.74) is 0.767. The summed E-state index contributed by atoms with van der Waals surface area (Å²) in [5, 5.41) is 6.53. The zero-order valence-corrected chi connectivity index (χ0v) is 17.3. The standard InChI is InChI=1S/C21H27N3O3S/c1-21(2)15-18(17-11-7-8-12-19(17)27-21)24-20(22-3)23-13-14-28(25,26)16-9-5-4-6-10-16/h4-12,18H,13-15H2,1-3H3,(H2,22,23,24). The molecule has 7 heteroatoms. The van der Waals surface area contributed by atoms with Gasteiger partial charge in [0.05, 0.1) is 16.7 Å². The van der Waals surface area contributed by atoms with E-state index in [4.69, 9.17) is 4.74 Å². The maximum absolute atomic E-state index is 12.4. The van der Waals surface area contributed by atoms with Gasteiger partial charge in [-0.25, -0.2) is 8.42 Å². The summed E-state index contributed by atoms with van der Waals surface area (Å²) in [6.07, 6.45) is 0.771. The molecular formula is C21H27N3O3S. The van der Waals surface area contributed by atoms with Crippen LogP contribution in [0, 0.1) is 0 Å². The van der Waals surface area contributed by atoms with Gasteiger partial charge in [0.1, 0.15) is 11.4 Å². The summed E-state index contributed by atoms with van der Waals surface area (Å²) in [5.74, 6) is 1.42. The van der Waals surface area contributed by atoms with Crippen molar-refractivity contribution in [3.63, 3.8) is 0 Å². The number of rotatable bonds is 5. The Morgan fingerprint density at radius 1 is 1.14 bits per heavy atom. The number of para-hydroxylation sites is 1. The molecule has 150 valence electrons. The first kappa shape index (κ1) is 20.2. The third-order valence-corrected chi connectivity index (χ3v) is 6.41. The molecule has 3 rings (SSSR count). The van der Waals surface area contributed by atoms with Gasteiger partial charge in [0.25, 0.3) is 0 Å². The summed E-state index contributed by atoms with van der Waals surface area (Å²) in [6.45, 7) is 4.38. The van der Waals surface area contributed by atoms with Gasteiger partial charge in [-0.2, -0.15) is 0 Å². The number of nitrogens with one attached hydrogen (secondary N) is 2. The number of nitrogens with zero attached hydrogens (tertiary/aromatic N) is 1. The second kappa shape index (κ2) is 8.22. The summed E-state index contributed by atoms with van der Waals surface area (Å²) in [6, 6.07) is 16.5. The lowest BCUT2D eigenvalue weighted by molar-refractivity contribution is 0.0694. The normalized spacial score (nSPS) is 18.7. The lowest BCUT2D eigenvalue weighted by Crippen LogP contribution is -2.46. The highest BCUT2D eigenvalue weighted by Gasteiger charge is 2.34. The minimum Gasteiger partial charge on any atom is -0.487 e. The van der Waals surface area contributed by atoms with E-state index in [1.807, 2.05) is 24.3 Å². The molecule has 0 spiro atoms. The van der Waals surface area contributed by atoms with Crippen LogP contribution >= 0.6 is 0 Å². The molecule has 1 atom stereocenters. The molecule has 0 amide bonds. The lowest BCUT2D eigenvalue weighted by atomic mass is 9.90. The number of guanidine groups is 1. The van der Waals surface area contributed by atoms with E-state index in [0.29, 0.717) is 10.9 Å². The van der Waals surface area contributed by atoms with Crippen LogP contribution in [0.15, 0.2) is 64.5 Å². The molecule has 6 nitrogen and oxygen atoms in total. The number of fused-ring (bicyclic) bond motifs is 1. The van der Waals surface area contributed by atoms with Gasteiger partial charge in [-0.3, -0.25) is 4.99 Å². The van der Waals surface area contributed by atoms with Crippen molar-refractivity contribution in [1.82, 2.24) is 10.6 Å². The second-order valence-electron chi connectivity index (χ2n) is 7.43. The van der Waals surface area contributed by atoms with Crippen LogP contribution in [0.2, 0.25) is 0 Å². The molecular weight excluding hydrogens is 374 g/mol. The molecule has 2 aromatic rings. The maximum atomic E-state index is 12.4. The Hall–Kier alpha value is -2.54. The SMILES string of the molecule is CN=C(NCCS(=O)(=O)c1ccccc1)NC1CC(C)(C)Oc2ccccc21. The predicted molar refractivity (Wildman–Crippen MR) is 111 cm³/mol. The van der Waals surface area contributed by atoms with Crippen molar-refractivity contribution in [2.75, 3.05) is 19.3 Å². The Morgan fingerprint density at radius 3 is 2.54 bits per heavy atom. The van der Waals surface area contributed by atoms with Crippen LogP contribution in [0.3, 0.4) is 0 Å². The van der Waals surface area contributed by atoms with Gasteiger partial charge < -0.3 is 15.4 Å². The Labute approximate surface area is 167 Å². The molecule has 0 saturated heterocycles. The van der Waals surface area contributed by atoms with Crippen molar-refractivity contribution in [1.29, 1.82) is 0 Å². The number of hydrogen-bond donors (Lipinski definition) is 2. The van der Waals surface area contributed by atoms with Crippen LogP contribution in [0.25, 0.3) is 0 Å². The molecule has 2 aromatic carbocycles. The quantitative estimate of drug-likeness (QED) is 0.595. The van der Waals surface area contributed by atoms with Gasteiger partial charge in [-0.1, -0.05) is 36.4 Å². The summed E-state index contributed by atoms with van der Waals surface area (Å²) < 4.78 is 30.9. The van der Waals surface area contributed by atoms with E-state index in [0.717, 1.165) is 17.7 Å². The van der Waals surface area contributed by atoms with E-state index in [1.54, 1.807) is 37.4 Å². The number of aliphatic imine (C=N–C) groups is 1.